The van der Waals surface area contributed by atoms with Crippen molar-refractivity contribution < 1.29 is 23.4 Å². The molecule has 0 spiro atoms. The fourth-order valence-electron chi connectivity index (χ4n) is 1.78. The summed E-state index contributed by atoms with van der Waals surface area (Å²) < 4.78 is 31.6. The quantitative estimate of drug-likeness (QED) is 0.861. The zero-order valence-electron chi connectivity index (χ0n) is 8.59. The largest absolute Gasteiger partial charge is 0.494 e. The van der Waals surface area contributed by atoms with Crippen LogP contribution in [0.4, 0.5) is 8.78 Å². The molecule has 0 radical (unpaired) electrons. The van der Waals surface area contributed by atoms with E-state index >= 15 is 0 Å². The Morgan fingerprint density at radius 1 is 1.44 bits per heavy atom. The molecule has 0 saturated heterocycles. The van der Waals surface area contributed by atoms with Crippen molar-refractivity contribution in [2.24, 2.45) is 0 Å². The van der Waals surface area contributed by atoms with E-state index < -0.39 is 23.0 Å². The molecule has 0 amide bonds. The molecule has 1 saturated carbocycles. The van der Waals surface area contributed by atoms with Crippen molar-refractivity contribution in [3.63, 3.8) is 0 Å². The number of carbonyl (C=O) groups is 1. The first-order valence-corrected chi connectivity index (χ1v) is 4.78. The molecule has 1 fully saturated rings. The summed E-state index contributed by atoms with van der Waals surface area (Å²) in [4.78, 5) is 11.0. The molecule has 3 nitrogen and oxygen atoms in total. The second kappa shape index (κ2) is 3.43. The molecule has 0 unspecified atom stereocenters. The van der Waals surface area contributed by atoms with Crippen LogP contribution in [0.5, 0.6) is 5.75 Å². The predicted octanol–water partition coefficient (Wildman–Crippen LogP) is 2.09. The van der Waals surface area contributed by atoms with Crippen molar-refractivity contribution in [1.29, 1.82) is 0 Å². The SMILES string of the molecule is COc1cc(F)cc(C2(C(=O)O)CC2)c1F. The van der Waals surface area contributed by atoms with Gasteiger partial charge in [-0.15, -0.1) is 0 Å². The molecule has 1 aliphatic carbocycles. The summed E-state index contributed by atoms with van der Waals surface area (Å²) in [7, 11) is 1.21. The third-order valence-corrected chi connectivity index (χ3v) is 2.90. The maximum Gasteiger partial charge on any atom is 0.314 e. The third-order valence-electron chi connectivity index (χ3n) is 2.90. The van der Waals surface area contributed by atoms with Crippen molar-refractivity contribution in [3.05, 3.63) is 29.3 Å². The highest BCUT2D eigenvalue weighted by atomic mass is 19.1. The van der Waals surface area contributed by atoms with Crippen LogP contribution in [0.25, 0.3) is 0 Å². The molecule has 1 aromatic carbocycles. The lowest BCUT2D eigenvalue weighted by Gasteiger charge is -2.13. The van der Waals surface area contributed by atoms with Crippen LogP contribution in [0, 0.1) is 11.6 Å². The van der Waals surface area contributed by atoms with Crippen LogP contribution in [0.3, 0.4) is 0 Å². The molecule has 0 atom stereocenters. The first-order valence-electron chi connectivity index (χ1n) is 4.78. The monoisotopic (exact) mass is 228 g/mol. The Kier molecular flexibility index (Phi) is 2.33. The summed E-state index contributed by atoms with van der Waals surface area (Å²) in [6.45, 7) is 0. The molecule has 86 valence electrons. The summed E-state index contributed by atoms with van der Waals surface area (Å²) in [6, 6.07) is 1.83. The molecule has 1 aromatic rings. The summed E-state index contributed by atoms with van der Waals surface area (Å²) in [5.74, 6) is -2.87. The lowest BCUT2D eigenvalue weighted by atomic mass is 9.95. The highest BCUT2D eigenvalue weighted by Gasteiger charge is 2.53. The van der Waals surface area contributed by atoms with Gasteiger partial charge in [0.05, 0.1) is 12.5 Å². The zero-order valence-corrected chi connectivity index (χ0v) is 8.59. The molecule has 5 heteroatoms. The smallest absolute Gasteiger partial charge is 0.314 e. The van der Waals surface area contributed by atoms with Gasteiger partial charge in [-0.05, 0) is 18.9 Å². The average molecular weight is 228 g/mol. The number of hydrogen-bond acceptors (Lipinski definition) is 2. The Hall–Kier alpha value is -1.65. The number of carboxylic acid groups (broad SMARTS) is 1. The number of rotatable bonds is 3. The van der Waals surface area contributed by atoms with Gasteiger partial charge in [0, 0.05) is 11.6 Å². The molecular weight excluding hydrogens is 218 g/mol. The first kappa shape index (κ1) is 10.9. The maximum absolute atomic E-state index is 13.8. The lowest BCUT2D eigenvalue weighted by Crippen LogP contribution is -2.21. The predicted molar refractivity (Wildman–Crippen MR) is 51.5 cm³/mol. The summed E-state index contributed by atoms with van der Waals surface area (Å²) in [5.41, 5.74) is -1.39. The second-order valence-corrected chi connectivity index (χ2v) is 3.86. The van der Waals surface area contributed by atoms with Gasteiger partial charge in [-0.3, -0.25) is 4.79 Å². The van der Waals surface area contributed by atoms with Crippen LogP contribution < -0.4 is 4.74 Å². The van der Waals surface area contributed by atoms with Gasteiger partial charge in [0.25, 0.3) is 0 Å². The summed E-state index contributed by atoms with van der Waals surface area (Å²) in [5, 5.41) is 9.01. The molecule has 1 N–H and O–H groups in total. The van der Waals surface area contributed by atoms with Crippen LogP contribution in [0.15, 0.2) is 12.1 Å². The van der Waals surface area contributed by atoms with Gasteiger partial charge in [-0.1, -0.05) is 0 Å². The van der Waals surface area contributed by atoms with E-state index in [1.807, 2.05) is 0 Å². The minimum absolute atomic E-state index is 0.128. The Labute approximate surface area is 90.7 Å². The summed E-state index contributed by atoms with van der Waals surface area (Å²) >= 11 is 0. The third kappa shape index (κ3) is 1.43. The number of carboxylic acids is 1. The fourth-order valence-corrected chi connectivity index (χ4v) is 1.78. The van der Waals surface area contributed by atoms with Crippen LogP contribution in [-0.2, 0) is 10.2 Å². The number of aliphatic carboxylic acids is 1. The molecule has 1 aliphatic rings. The van der Waals surface area contributed by atoms with Crippen molar-refractivity contribution in [1.82, 2.24) is 0 Å². The van der Waals surface area contributed by atoms with Crippen LogP contribution in [-0.4, -0.2) is 18.2 Å². The fraction of sp³-hybridized carbons (Fsp3) is 0.364. The Bertz CT molecular complexity index is 453. The summed E-state index contributed by atoms with van der Waals surface area (Å²) in [6.07, 6.45) is 0.651. The van der Waals surface area contributed by atoms with Gasteiger partial charge >= 0.3 is 5.97 Å². The van der Waals surface area contributed by atoms with Crippen molar-refractivity contribution in [2.75, 3.05) is 7.11 Å². The molecule has 16 heavy (non-hydrogen) atoms. The Morgan fingerprint density at radius 2 is 2.06 bits per heavy atom. The molecule has 0 aliphatic heterocycles. The lowest BCUT2D eigenvalue weighted by molar-refractivity contribution is -0.140. The number of halogens is 2. The van der Waals surface area contributed by atoms with E-state index in [0.717, 1.165) is 12.1 Å². The molecule has 0 heterocycles. The Balaban J connectivity index is 2.57. The van der Waals surface area contributed by atoms with Gasteiger partial charge in [0.2, 0.25) is 0 Å². The van der Waals surface area contributed by atoms with Crippen LogP contribution >= 0.6 is 0 Å². The molecule has 2 rings (SSSR count). The minimum Gasteiger partial charge on any atom is -0.494 e. The highest BCUT2D eigenvalue weighted by Crippen LogP contribution is 2.50. The maximum atomic E-state index is 13.8. The van der Waals surface area contributed by atoms with Gasteiger partial charge in [-0.2, -0.15) is 0 Å². The topological polar surface area (TPSA) is 46.5 Å². The standard InChI is InChI=1S/C11H10F2O3/c1-16-8-5-6(12)4-7(9(8)13)11(2-3-11)10(14)15/h4-5H,2-3H2,1H3,(H,14,15). The van der Waals surface area contributed by atoms with Crippen LogP contribution in [0.2, 0.25) is 0 Å². The van der Waals surface area contributed by atoms with E-state index in [0.29, 0.717) is 12.8 Å². The molecule has 0 aromatic heterocycles. The van der Waals surface area contributed by atoms with E-state index in [2.05, 4.69) is 4.74 Å². The van der Waals surface area contributed by atoms with Gasteiger partial charge in [0.1, 0.15) is 5.82 Å². The zero-order chi connectivity index (χ0) is 11.9. The van der Waals surface area contributed by atoms with Crippen molar-refractivity contribution in [2.45, 2.75) is 18.3 Å². The van der Waals surface area contributed by atoms with E-state index in [1.165, 1.54) is 7.11 Å². The van der Waals surface area contributed by atoms with Gasteiger partial charge in [-0.25, -0.2) is 8.78 Å². The highest BCUT2D eigenvalue weighted by molar-refractivity contribution is 5.85. The van der Waals surface area contributed by atoms with Crippen molar-refractivity contribution >= 4 is 5.97 Å². The number of ether oxygens (including phenoxy) is 1. The molecular formula is C11H10F2O3. The number of methoxy groups -OCH3 is 1. The van der Waals surface area contributed by atoms with Gasteiger partial charge < -0.3 is 9.84 Å². The van der Waals surface area contributed by atoms with Crippen molar-refractivity contribution in [3.8, 4) is 5.75 Å². The van der Waals surface area contributed by atoms with E-state index in [1.54, 1.807) is 0 Å². The van der Waals surface area contributed by atoms with Gasteiger partial charge in [0.15, 0.2) is 11.6 Å². The van der Waals surface area contributed by atoms with E-state index in [4.69, 9.17) is 5.11 Å². The molecule has 0 bridgehead atoms. The number of hydrogen-bond donors (Lipinski definition) is 1. The number of benzene rings is 1. The normalized spacial score (nSPS) is 16.9. The minimum atomic E-state index is -1.26. The first-order chi connectivity index (χ1) is 7.51. The Morgan fingerprint density at radius 3 is 2.50 bits per heavy atom. The average Bonchev–Trinajstić information content (AvgIpc) is 3.02. The van der Waals surface area contributed by atoms with Crippen LogP contribution in [0.1, 0.15) is 18.4 Å². The van der Waals surface area contributed by atoms with E-state index in [9.17, 15) is 13.6 Å². The second-order valence-electron chi connectivity index (χ2n) is 3.86. The van der Waals surface area contributed by atoms with E-state index in [-0.39, 0.29) is 11.3 Å².